The number of nitrogens with zero attached hydrogens (tertiary/aromatic N) is 8. The van der Waals surface area contributed by atoms with Crippen molar-refractivity contribution >= 4 is 5.97 Å². The normalized spacial score (nSPS) is 37.3. The Kier molecular flexibility index (Phi) is 21.9. The number of alkyl halides is 1. The molecule has 3 fully saturated rings. The molecule has 0 radical (unpaired) electrons. The molecule has 3 saturated heterocycles. The van der Waals surface area contributed by atoms with Gasteiger partial charge in [-0.3, -0.25) is 4.79 Å². The van der Waals surface area contributed by atoms with E-state index in [0.717, 1.165) is 16.9 Å². The minimum atomic E-state index is -1.85. The van der Waals surface area contributed by atoms with Gasteiger partial charge in [-0.1, -0.05) is 36.4 Å². The van der Waals surface area contributed by atoms with Crippen molar-refractivity contribution in [3.8, 4) is 5.69 Å². The Morgan fingerprint density at radius 3 is 2.27 bits per heavy atom. The molecule has 0 aliphatic carbocycles. The van der Waals surface area contributed by atoms with E-state index in [2.05, 4.69) is 25.9 Å². The molecule has 22 nitrogen and oxygen atoms in total. The Bertz CT molecular complexity index is 2330. The number of carbonyl (C=O) groups is 1. The van der Waals surface area contributed by atoms with Gasteiger partial charge in [0, 0.05) is 70.9 Å². The highest BCUT2D eigenvalue weighted by Crippen LogP contribution is 2.39. The van der Waals surface area contributed by atoms with Gasteiger partial charge in [-0.15, -0.1) is 10.2 Å². The molecule has 23 heteroatoms. The summed E-state index contributed by atoms with van der Waals surface area (Å²) in [6.07, 6.45) is -6.21. The lowest BCUT2D eigenvalue weighted by atomic mass is 9.83. The fourth-order valence-corrected chi connectivity index (χ4v) is 11.5. The molecule has 0 saturated carbocycles. The number of hydrogen-bond donors (Lipinski definition) is 6. The molecular formula is C55H92FN9O13. The third-order valence-electron chi connectivity index (χ3n) is 17.0. The average molecular weight is 1110 g/mol. The van der Waals surface area contributed by atoms with Gasteiger partial charge in [0.25, 0.3) is 0 Å². The van der Waals surface area contributed by atoms with Crippen LogP contribution in [0.4, 0.5) is 4.39 Å². The van der Waals surface area contributed by atoms with E-state index in [9.17, 15) is 34.7 Å². The number of likely N-dealkylation sites (N-methyl/N-ethyl adjacent to an activating group) is 2. The number of aromatic nitrogens is 6. The van der Waals surface area contributed by atoms with Crippen molar-refractivity contribution in [3.63, 3.8) is 0 Å². The molecule has 1 aromatic carbocycles. The molecule has 0 amide bonds. The SMILES string of the molecule is CC[C@H]1OC(=O)[C@H](C)[C@@H](O[C@H]2C[C@@](C)(OC)[C@@H](O)[C@H](C)O2)C[C@@H](O[C@@H]2O[C@H](C)C[C@H](N(C)CCc3cn([C@H](CF)[C@H](OC)c4ccc(-n5cc(C(C)NC)nn5)cc4)nn3)[C@H]2O)[C@](C)(O)C[C@@H](C)CN(C)[C@H](C)[C@@H](O)[C@]1(C)O. The van der Waals surface area contributed by atoms with Crippen LogP contribution in [0.25, 0.3) is 5.69 Å². The maximum Gasteiger partial charge on any atom is 0.311 e. The molecule has 3 aliphatic rings. The van der Waals surface area contributed by atoms with Gasteiger partial charge in [0.15, 0.2) is 12.6 Å². The summed E-state index contributed by atoms with van der Waals surface area (Å²) in [7, 11) is 8.58. The van der Waals surface area contributed by atoms with Gasteiger partial charge in [-0.05, 0) is 119 Å². The van der Waals surface area contributed by atoms with Crippen LogP contribution in [-0.2, 0) is 44.4 Å². The van der Waals surface area contributed by atoms with E-state index in [0.29, 0.717) is 31.6 Å². The van der Waals surface area contributed by atoms with Gasteiger partial charge in [-0.2, -0.15) is 0 Å². The highest BCUT2D eigenvalue weighted by molar-refractivity contribution is 5.73. The molecule has 2 aromatic heterocycles. The van der Waals surface area contributed by atoms with Gasteiger partial charge in [-0.25, -0.2) is 13.8 Å². The van der Waals surface area contributed by atoms with E-state index in [4.69, 9.17) is 33.2 Å². The third-order valence-corrected chi connectivity index (χ3v) is 17.0. The molecule has 78 heavy (non-hydrogen) atoms. The van der Waals surface area contributed by atoms with E-state index < -0.39 is 121 Å². The Labute approximate surface area is 460 Å². The largest absolute Gasteiger partial charge is 0.459 e. The smallest absolute Gasteiger partial charge is 0.311 e. The van der Waals surface area contributed by atoms with E-state index in [1.807, 2.05) is 82.2 Å². The summed E-state index contributed by atoms with van der Waals surface area (Å²) in [6.45, 7) is 17.6. The maximum atomic E-state index is 15.0. The molecule has 0 bridgehead atoms. The van der Waals surface area contributed by atoms with Crippen molar-refractivity contribution < 1.29 is 67.9 Å². The monoisotopic (exact) mass is 1110 g/mol. The Balaban J connectivity index is 1.22. The summed E-state index contributed by atoms with van der Waals surface area (Å²) < 4.78 is 62.0. The number of ether oxygens (including phenoxy) is 7. The molecule has 20 atom stereocenters. The Morgan fingerprint density at radius 1 is 0.949 bits per heavy atom. The number of methoxy groups -OCH3 is 2. The van der Waals surface area contributed by atoms with Gasteiger partial charge in [0.05, 0.1) is 64.8 Å². The van der Waals surface area contributed by atoms with E-state index in [1.165, 1.54) is 25.8 Å². The number of halogens is 1. The summed E-state index contributed by atoms with van der Waals surface area (Å²) in [5.74, 6) is -2.01. The Morgan fingerprint density at radius 2 is 1.64 bits per heavy atom. The molecule has 0 spiro atoms. The zero-order valence-corrected chi connectivity index (χ0v) is 48.6. The zero-order valence-electron chi connectivity index (χ0n) is 48.6. The number of esters is 1. The highest BCUT2D eigenvalue weighted by atomic mass is 19.1. The van der Waals surface area contributed by atoms with Gasteiger partial charge in [0.2, 0.25) is 0 Å². The van der Waals surface area contributed by atoms with Crippen LogP contribution in [0, 0.1) is 11.8 Å². The van der Waals surface area contributed by atoms with Crippen LogP contribution in [-0.4, -0.2) is 217 Å². The lowest BCUT2D eigenvalue weighted by molar-refractivity contribution is -0.308. The number of nitrogens with one attached hydrogen (secondary N) is 1. The maximum absolute atomic E-state index is 15.0. The summed E-state index contributed by atoms with van der Waals surface area (Å²) in [5.41, 5.74) is -1.64. The molecule has 3 aliphatic heterocycles. The molecule has 6 N–H and O–H groups in total. The number of rotatable bonds is 18. The van der Waals surface area contributed by atoms with E-state index in [-0.39, 0.29) is 37.6 Å². The van der Waals surface area contributed by atoms with Gasteiger partial charge < -0.3 is 73.8 Å². The summed E-state index contributed by atoms with van der Waals surface area (Å²) >= 11 is 0. The fourth-order valence-electron chi connectivity index (χ4n) is 11.5. The van der Waals surface area contributed by atoms with E-state index >= 15 is 0 Å². The summed E-state index contributed by atoms with van der Waals surface area (Å²) in [4.78, 5) is 18.3. The molecule has 1 unspecified atom stereocenters. The number of hydrogen-bond acceptors (Lipinski definition) is 20. The van der Waals surface area contributed by atoms with Crippen LogP contribution in [0.2, 0.25) is 0 Å². The van der Waals surface area contributed by atoms with E-state index in [1.54, 1.807) is 52.4 Å². The summed E-state index contributed by atoms with van der Waals surface area (Å²) in [5, 5.41) is 80.0. The number of aliphatic hydroxyl groups excluding tert-OH is 3. The van der Waals surface area contributed by atoms with Crippen molar-refractivity contribution in [2.75, 3.05) is 55.1 Å². The van der Waals surface area contributed by atoms with Crippen molar-refractivity contribution in [2.45, 2.75) is 216 Å². The zero-order chi connectivity index (χ0) is 57.6. The highest BCUT2D eigenvalue weighted by Gasteiger charge is 2.51. The summed E-state index contributed by atoms with van der Waals surface area (Å²) in [6, 6.07) is 5.61. The first-order valence-electron chi connectivity index (χ1n) is 27.7. The van der Waals surface area contributed by atoms with Gasteiger partial charge >= 0.3 is 5.97 Å². The fraction of sp³-hybridized carbons (Fsp3) is 0.800. The topological polar surface area (TPSA) is 263 Å². The van der Waals surface area contributed by atoms with Crippen molar-refractivity contribution in [3.05, 3.63) is 53.6 Å². The van der Waals surface area contributed by atoms with Crippen molar-refractivity contribution in [1.82, 2.24) is 45.1 Å². The van der Waals surface area contributed by atoms with Gasteiger partial charge in [0.1, 0.15) is 48.8 Å². The molecule has 6 rings (SSSR count). The second kappa shape index (κ2) is 26.9. The van der Waals surface area contributed by atoms with Crippen LogP contribution in [0.3, 0.4) is 0 Å². The van der Waals surface area contributed by atoms with Crippen LogP contribution in [0.5, 0.6) is 0 Å². The first-order chi connectivity index (χ1) is 36.7. The number of aliphatic hydroxyl groups is 5. The lowest BCUT2D eigenvalue weighted by Gasteiger charge is -2.47. The van der Waals surface area contributed by atoms with Crippen molar-refractivity contribution in [1.29, 1.82) is 0 Å². The lowest BCUT2D eigenvalue weighted by Crippen LogP contribution is -2.59. The minimum Gasteiger partial charge on any atom is -0.459 e. The first-order valence-corrected chi connectivity index (χ1v) is 27.7. The predicted molar refractivity (Wildman–Crippen MR) is 286 cm³/mol. The quantitative estimate of drug-likeness (QED) is 0.0994. The molecule has 442 valence electrons. The molecular weight excluding hydrogens is 1010 g/mol. The number of cyclic esters (lactones) is 1. The van der Waals surface area contributed by atoms with Crippen molar-refractivity contribution in [2.24, 2.45) is 11.8 Å². The standard InChI is InChI=1S/C55H92FN9O13/c1-16-44-55(10,71)49(67)35(6)63(13)28-31(2)25-53(8,70)45(24-43(33(4)51(69)77-44)76-46-26-54(9,73-15)50(68)36(7)75-46)78-52-47(66)41(23-32(3)74-52)62(12)22-21-38-29-65(60-58-38)42(27-56)48(72-14)37-17-19-39(20-18-37)64-30-40(59-61-64)34(5)57-11/h17-20,29-36,41-50,52,57,66-68,70-71H,16,21-28H2,1-15H3/t31-,32-,33-,34?,35-,36+,41+,42-,43+,44-,45-,46+,47-,48-,49-,50+,52+,53-,54-,55-/m1/s1. The first kappa shape index (κ1) is 63.5. The Hall–Kier alpha value is -3.66. The third kappa shape index (κ3) is 14.7. The van der Waals surface area contributed by atoms with Crippen LogP contribution in [0.1, 0.15) is 136 Å². The number of carbonyl (C=O) groups excluding carboxylic acids is 1. The second-order valence-corrected chi connectivity index (χ2v) is 23.2. The second-order valence-electron chi connectivity index (χ2n) is 23.2. The average Bonchev–Trinajstić information content (AvgIpc) is 4.13. The number of benzene rings is 1. The minimum absolute atomic E-state index is 0.0303. The van der Waals surface area contributed by atoms with Crippen LogP contribution in [0.15, 0.2) is 36.7 Å². The van der Waals surface area contributed by atoms with Crippen LogP contribution < -0.4 is 5.32 Å². The van der Waals surface area contributed by atoms with Crippen LogP contribution >= 0.6 is 0 Å². The molecule has 5 heterocycles. The predicted octanol–water partition coefficient (Wildman–Crippen LogP) is 3.62. The molecule has 3 aromatic rings.